The predicted molar refractivity (Wildman–Crippen MR) is 90.8 cm³/mol. The van der Waals surface area contributed by atoms with Crippen LogP contribution in [0.25, 0.3) is 0 Å². The second-order valence-electron chi connectivity index (χ2n) is 6.02. The minimum Gasteiger partial charge on any atom is -0.337 e. The Morgan fingerprint density at radius 3 is 2.42 bits per heavy atom. The van der Waals surface area contributed by atoms with Crippen LogP contribution in [0.2, 0.25) is 5.02 Å². The third-order valence-corrected chi connectivity index (χ3v) is 6.26. The number of nitrogens with one attached hydrogen (secondary N) is 1. The van der Waals surface area contributed by atoms with Crippen LogP contribution in [-0.2, 0) is 14.8 Å². The third-order valence-electron chi connectivity index (χ3n) is 4.19. The molecule has 1 fully saturated rings. The molecule has 0 heterocycles. The number of rotatable bonds is 5. The van der Waals surface area contributed by atoms with Crippen molar-refractivity contribution < 1.29 is 13.2 Å². The average Bonchev–Trinajstić information content (AvgIpc) is 2.56. The molecule has 0 aliphatic heterocycles. The Balaban J connectivity index is 2.05. The van der Waals surface area contributed by atoms with Crippen molar-refractivity contribution in [3.63, 3.8) is 0 Å². The molecule has 1 amide bonds. The number of sulfonamides is 1. The van der Waals surface area contributed by atoms with Crippen LogP contribution in [0, 0.1) is 11.3 Å². The van der Waals surface area contributed by atoms with Crippen LogP contribution >= 0.6 is 11.6 Å². The fourth-order valence-corrected chi connectivity index (χ4v) is 4.05. The second-order valence-corrected chi connectivity index (χ2v) is 8.50. The van der Waals surface area contributed by atoms with Gasteiger partial charge in [0.25, 0.3) is 0 Å². The van der Waals surface area contributed by atoms with Crippen molar-refractivity contribution in [3.05, 3.63) is 29.3 Å². The summed E-state index contributed by atoms with van der Waals surface area (Å²) in [5, 5.41) is 12.5. The summed E-state index contributed by atoms with van der Waals surface area (Å²) in [5.41, 5.74) is -0.875. The highest BCUT2D eigenvalue weighted by atomic mass is 35.5. The highest BCUT2D eigenvalue weighted by Gasteiger charge is 2.34. The summed E-state index contributed by atoms with van der Waals surface area (Å²) in [7, 11) is -2.45. The monoisotopic (exact) mass is 369 g/mol. The van der Waals surface area contributed by atoms with Gasteiger partial charge in [0.1, 0.15) is 5.54 Å². The minimum atomic E-state index is -3.79. The molecule has 6 nitrogen and oxygen atoms in total. The fraction of sp³-hybridized carbons (Fsp3) is 0.500. The van der Waals surface area contributed by atoms with E-state index in [0.29, 0.717) is 17.9 Å². The van der Waals surface area contributed by atoms with Crippen molar-refractivity contribution in [1.29, 1.82) is 5.26 Å². The van der Waals surface area contributed by atoms with Gasteiger partial charge in [-0.15, -0.1) is 0 Å². The highest BCUT2D eigenvalue weighted by molar-refractivity contribution is 7.89. The summed E-state index contributed by atoms with van der Waals surface area (Å²) in [6.07, 6.45) is 4.01. The molecule has 1 aromatic rings. The number of halogens is 1. The molecule has 0 atom stereocenters. The number of nitrogens with zero attached hydrogens (tertiary/aromatic N) is 2. The maximum Gasteiger partial charge on any atom is 0.243 e. The summed E-state index contributed by atoms with van der Waals surface area (Å²) in [6, 6.07) is 7.93. The van der Waals surface area contributed by atoms with E-state index in [1.165, 1.54) is 31.3 Å². The van der Waals surface area contributed by atoms with E-state index in [4.69, 9.17) is 11.6 Å². The van der Waals surface area contributed by atoms with Crippen molar-refractivity contribution >= 4 is 27.5 Å². The van der Waals surface area contributed by atoms with Gasteiger partial charge in [-0.25, -0.2) is 8.42 Å². The van der Waals surface area contributed by atoms with Crippen molar-refractivity contribution in [1.82, 2.24) is 9.62 Å². The number of nitriles is 1. The molecule has 0 unspecified atom stereocenters. The Morgan fingerprint density at radius 2 is 1.88 bits per heavy atom. The van der Waals surface area contributed by atoms with Crippen molar-refractivity contribution in [2.24, 2.45) is 0 Å². The average molecular weight is 370 g/mol. The van der Waals surface area contributed by atoms with Crippen molar-refractivity contribution in [3.8, 4) is 6.07 Å². The zero-order valence-corrected chi connectivity index (χ0v) is 15.0. The molecule has 24 heavy (non-hydrogen) atoms. The topological polar surface area (TPSA) is 90.3 Å². The van der Waals surface area contributed by atoms with Gasteiger partial charge in [-0.3, -0.25) is 4.79 Å². The van der Waals surface area contributed by atoms with Crippen LogP contribution in [0.1, 0.15) is 32.1 Å². The predicted octanol–water partition coefficient (Wildman–Crippen LogP) is 2.30. The molecule has 8 heteroatoms. The van der Waals surface area contributed by atoms with Gasteiger partial charge in [-0.2, -0.15) is 9.57 Å². The SMILES string of the molecule is CN(CC(=O)NC1(C#N)CCCCC1)S(=O)(=O)c1ccc(Cl)cc1. The van der Waals surface area contributed by atoms with E-state index in [-0.39, 0.29) is 11.4 Å². The van der Waals surface area contributed by atoms with Crippen LogP contribution < -0.4 is 5.32 Å². The van der Waals surface area contributed by atoms with E-state index in [1.807, 2.05) is 0 Å². The Bertz CT molecular complexity index is 735. The Morgan fingerprint density at radius 1 is 1.29 bits per heavy atom. The number of carbonyl (C=O) groups excluding carboxylic acids is 1. The summed E-state index contributed by atoms with van der Waals surface area (Å²) >= 11 is 5.76. The van der Waals surface area contributed by atoms with Gasteiger partial charge < -0.3 is 5.32 Å². The quantitative estimate of drug-likeness (QED) is 0.862. The van der Waals surface area contributed by atoms with Crippen LogP contribution in [0.5, 0.6) is 0 Å². The molecule has 2 rings (SSSR count). The van der Waals surface area contributed by atoms with E-state index in [2.05, 4.69) is 11.4 Å². The summed E-state index contributed by atoms with van der Waals surface area (Å²) in [6.45, 7) is -0.339. The number of benzene rings is 1. The Kier molecular flexibility index (Phi) is 5.86. The van der Waals surface area contributed by atoms with Crippen LogP contribution in [0.15, 0.2) is 29.2 Å². The first kappa shape index (κ1) is 18.7. The molecule has 0 aromatic heterocycles. The van der Waals surface area contributed by atoms with Gasteiger partial charge in [0.2, 0.25) is 15.9 Å². The van der Waals surface area contributed by atoms with Gasteiger partial charge in [0.15, 0.2) is 0 Å². The second kappa shape index (κ2) is 7.51. The minimum absolute atomic E-state index is 0.0647. The van der Waals surface area contributed by atoms with Crippen LogP contribution in [0.4, 0.5) is 0 Å². The zero-order chi connectivity index (χ0) is 17.8. The first-order valence-electron chi connectivity index (χ1n) is 7.73. The van der Waals surface area contributed by atoms with Crippen LogP contribution in [0.3, 0.4) is 0 Å². The molecule has 1 aliphatic rings. The summed E-state index contributed by atoms with van der Waals surface area (Å²) < 4.78 is 25.9. The van der Waals surface area contributed by atoms with Gasteiger partial charge in [-0.1, -0.05) is 30.9 Å². The molecule has 1 saturated carbocycles. The van der Waals surface area contributed by atoms with Crippen molar-refractivity contribution in [2.75, 3.05) is 13.6 Å². The van der Waals surface area contributed by atoms with E-state index >= 15 is 0 Å². The number of carbonyl (C=O) groups is 1. The highest BCUT2D eigenvalue weighted by Crippen LogP contribution is 2.27. The fourth-order valence-electron chi connectivity index (χ4n) is 2.80. The van der Waals surface area contributed by atoms with Gasteiger partial charge in [0.05, 0.1) is 17.5 Å². The molecule has 1 aliphatic carbocycles. The number of hydrogen-bond acceptors (Lipinski definition) is 4. The molecule has 0 spiro atoms. The lowest BCUT2D eigenvalue weighted by Gasteiger charge is -2.32. The van der Waals surface area contributed by atoms with E-state index in [9.17, 15) is 18.5 Å². The summed E-state index contributed by atoms with van der Waals surface area (Å²) in [4.78, 5) is 12.3. The number of hydrogen-bond donors (Lipinski definition) is 1. The first-order valence-corrected chi connectivity index (χ1v) is 9.55. The molecular weight excluding hydrogens is 350 g/mol. The molecule has 130 valence electrons. The number of amides is 1. The largest absolute Gasteiger partial charge is 0.337 e. The van der Waals surface area contributed by atoms with E-state index in [1.54, 1.807) is 0 Å². The van der Waals surface area contributed by atoms with Gasteiger partial charge in [-0.05, 0) is 37.1 Å². The van der Waals surface area contributed by atoms with E-state index in [0.717, 1.165) is 23.6 Å². The maximum atomic E-state index is 12.5. The van der Waals surface area contributed by atoms with Gasteiger partial charge in [0, 0.05) is 12.1 Å². The molecule has 1 aromatic carbocycles. The van der Waals surface area contributed by atoms with E-state index < -0.39 is 21.5 Å². The Hall–Kier alpha value is -1.62. The lowest BCUT2D eigenvalue weighted by atomic mass is 9.83. The standard InChI is InChI=1S/C16H20ClN3O3S/c1-20(24(22,23)14-7-5-13(17)6-8-14)11-15(21)19-16(12-18)9-3-2-4-10-16/h5-8H,2-4,9-11H2,1H3,(H,19,21). The summed E-state index contributed by atoms with van der Waals surface area (Å²) in [5.74, 6) is -0.474. The molecule has 0 radical (unpaired) electrons. The lowest BCUT2D eigenvalue weighted by molar-refractivity contribution is -0.122. The third kappa shape index (κ3) is 4.26. The molecular formula is C16H20ClN3O3S. The maximum absolute atomic E-state index is 12.5. The van der Waals surface area contributed by atoms with Crippen molar-refractivity contribution in [2.45, 2.75) is 42.5 Å². The smallest absolute Gasteiger partial charge is 0.243 e. The molecule has 0 saturated heterocycles. The normalized spacial score (nSPS) is 17.2. The lowest BCUT2D eigenvalue weighted by Crippen LogP contribution is -2.51. The zero-order valence-electron chi connectivity index (χ0n) is 13.5. The first-order chi connectivity index (χ1) is 11.3. The molecule has 0 bridgehead atoms. The van der Waals surface area contributed by atoms with Crippen LogP contribution in [-0.4, -0.2) is 37.8 Å². The Labute approximate surface area is 147 Å². The molecule has 1 N–H and O–H groups in total. The van der Waals surface area contributed by atoms with Gasteiger partial charge >= 0.3 is 0 Å². The number of likely N-dealkylation sites (N-methyl/N-ethyl adjacent to an activating group) is 1.